The molecule has 0 aliphatic carbocycles. The van der Waals surface area contributed by atoms with E-state index >= 15 is 0 Å². The molecule has 24 heavy (non-hydrogen) atoms. The first-order chi connectivity index (χ1) is 11.6. The molecule has 0 saturated carbocycles. The number of halogens is 1. The summed E-state index contributed by atoms with van der Waals surface area (Å²) in [6.45, 7) is 0.254. The average Bonchev–Trinajstić information content (AvgIpc) is 2.60. The van der Waals surface area contributed by atoms with Gasteiger partial charge >= 0.3 is 0 Å². The molecule has 2 rings (SSSR count). The van der Waals surface area contributed by atoms with Crippen LogP contribution in [0.3, 0.4) is 0 Å². The first-order valence-corrected chi connectivity index (χ1v) is 7.59. The van der Waals surface area contributed by atoms with Crippen molar-refractivity contribution < 1.29 is 18.7 Å². The molecule has 0 aromatic heterocycles. The van der Waals surface area contributed by atoms with Gasteiger partial charge in [0.1, 0.15) is 0 Å². The summed E-state index contributed by atoms with van der Waals surface area (Å²) in [6, 6.07) is 12.7. The van der Waals surface area contributed by atoms with E-state index < -0.39 is 5.82 Å². The lowest BCUT2D eigenvalue weighted by Gasteiger charge is -2.08. The van der Waals surface area contributed by atoms with E-state index in [-0.39, 0.29) is 30.6 Å². The summed E-state index contributed by atoms with van der Waals surface area (Å²) < 4.78 is 18.6. The third kappa shape index (κ3) is 5.08. The minimum absolute atomic E-state index is 0.167. The number of amides is 2. The van der Waals surface area contributed by atoms with Crippen molar-refractivity contribution in [1.82, 2.24) is 5.32 Å². The zero-order chi connectivity index (χ0) is 17.4. The molecule has 0 aliphatic heterocycles. The van der Waals surface area contributed by atoms with Crippen molar-refractivity contribution in [2.45, 2.75) is 12.8 Å². The van der Waals surface area contributed by atoms with Crippen LogP contribution < -0.4 is 15.4 Å². The number of benzene rings is 2. The number of nitrogens with one attached hydrogen (secondary N) is 2. The summed E-state index contributed by atoms with van der Waals surface area (Å²) in [5, 5.41) is 5.26. The van der Waals surface area contributed by atoms with Crippen LogP contribution in [0.2, 0.25) is 0 Å². The van der Waals surface area contributed by atoms with Crippen LogP contribution in [0.1, 0.15) is 23.2 Å². The molecule has 126 valence electrons. The summed E-state index contributed by atoms with van der Waals surface area (Å²) in [6.07, 6.45) is 0.724. The molecule has 0 aliphatic rings. The van der Waals surface area contributed by atoms with E-state index in [4.69, 9.17) is 4.74 Å². The topological polar surface area (TPSA) is 67.4 Å². The van der Waals surface area contributed by atoms with E-state index in [1.165, 1.54) is 6.07 Å². The van der Waals surface area contributed by atoms with Crippen molar-refractivity contribution in [2.24, 2.45) is 0 Å². The molecule has 2 N–H and O–H groups in total. The Morgan fingerprint density at radius 3 is 2.46 bits per heavy atom. The first kappa shape index (κ1) is 17.5. The van der Waals surface area contributed by atoms with Crippen LogP contribution in [0.15, 0.2) is 48.5 Å². The number of anilines is 1. The summed E-state index contributed by atoms with van der Waals surface area (Å²) in [7, 11) is 1.56. The Morgan fingerprint density at radius 1 is 1.08 bits per heavy atom. The SMILES string of the molecule is CNC(=O)c1ccc(NC(=O)CCCOc2ccccc2F)cc1. The summed E-state index contributed by atoms with van der Waals surface area (Å²) in [5.41, 5.74) is 1.14. The molecule has 0 atom stereocenters. The van der Waals surface area contributed by atoms with Gasteiger partial charge in [-0.3, -0.25) is 9.59 Å². The van der Waals surface area contributed by atoms with E-state index in [9.17, 15) is 14.0 Å². The van der Waals surface area contributed by atoms with Crippen molar-refractivity contribution >= 4 is 17.5 Å². The van der Waals surface area contributed by atoms with E-state index in [1.54, 1.807) is 49.5 Å². The summed E-state index contributed by atoms with van der Waals surface area (Å²) in [4.78, 5) is 23.3. The molecule has 6 heteroatoms. The zero-order valence-corrected chi connectivity index (χ0v) is 13.3. The lowest BCUT2D eigenvalue weighted by Crippen LogP contribution is -2.18. The van der Waals surface area contributed by atoms with Crippen molar-refractivity contribution in [2.75, 3.05) is 19.0 Å². The molecule has 2 amide bonds. The van der Waals surface area contributed by atoms with Gasteiger partial charge in [0.15, 0.2) is 11.6 Å². The second-order valence-electron chi connectivity index (χ2n) is 5.09. The highest BCUT2D eigenvalue weighted by Gasteiger charge is 2.06. The third-order valence-corrected chi connectivity index (χ3v) is 3.30. The molecule has 2 aromatic carbocycles. The molecular weight excluding hydrogens is 311 g/mol. The Morgan fingerprint density at radius 2 is 1.79 bits per heavy atom. The van der Waals surface area contributed by atoms with Crippen LogP contribution in [0, 0.1) is 5.82 Å². The summed E-state index contributed by atoms with van der Waals surface area (Å²) in [5.74, 6) is -0.584. The fourth-order valence-corrected chi connectivity index (χ4v) is 2.05. The highest BCUT2D eigenvalue weighted by molar-refractivity contribution is 5.95. The smallest absolute Gasteiger partial charge is 0.251 e. The number of para-hydroxylation sites is 1. The molecule has 0 heterocycles. The van der Waals surface area contributed by atoms with Gasteiger partial charge < -0.3 is 15.4 Å². The van der Waals surface area contributed by atoms with Gasteiger partial charge in [0, 0.05) is 24.7 Å². The van der Waals surface area contributed by atoms with Gasteiger partial charge in [-0.05, 0) is 42.8 Å². The fourth-order valence-electron chi connectivity index (χ4n) is 2.05. The predicted octanol–water partition coefficient (Wildman–Crippen LogP) is 2.98. The van der Waals surface area contributed by atoms with Gasteiger partial charge in [-0.25, -0.2) is 4.39 Å². The predicted molar refractivity (Wildman–Crippen MR) is 89.6 cm³/mol. The quantitative estimate of drug-likeness (QED) is 0.767. The molecule has 0 saturated heterocycles. The molecule has 5 nitrogen and oxygen atoms in total. The standard InChI is InChI=1S/C18H19FN2O3/c1-20-18(23)13-8-10-14(11-9-13)21-17(22)7-4-12-24-16-6-3-2-5-15(16)19/h2-3,5-6,8-11H,4,7,12H2,1H3,(H,20,23)(H,21,22). The Balaban J connectivity index is 1.73. The van der Waals surface area contributed by atoms with Crippen molar-refractivity contribution in [3.8, 4) is 5.75 Å². The van der Waals surface area contributed by atoms with Crippen LogP contribution in [-0.4, -0.2) is 25.5 Å². The van der Waals surface area contributed by atoms with Crippen molar-refractivity contribution in [3.05, 3.63) is 59.9 Å². The van der Waals surface area contributed by atoms with Crippen LogP contribution in [-0.2, 0) is 4.79 Å². The van der Waals surface area contributed by atoms with Gasteiger partial charge in [-0.1, -0.05) is 12.1 Å². The first-order valence-electron chi connectivity index (χ1n) is 7.59. The summed E-state index contributed by atoms with van der Waals surface area (Å²) >= 11 is 0. The molecule has 0 spiro atoms. The third-order valence-electron chi connectivity index (χ3n) is 3.30. The largest absolute Gasteiger partial charge is 0.491 e. The maximum absolute atomic E-state index is 13.3. The van der Waals surface area contributed by atoms with Gasteiger partial charge in [-0.2, -0.15) is 0 Å². The molecule has 0 unspecified atom stereocenters. The average molecular weight is 330 g/mol. The zero-order valence-electron chi connectivity index (χ0n) is 13.3. The Kier molecular flexibility index (Phi) is 6.31. The van der Waals surface area contributed by atoms with Gasteiger partial charge in [0.05, 0.1) is 6.61 Å². The number of rotatable bonds is 7. The second-order valence-corrected chi connectivity index (χ2v) is 5.09. The Labute approximate surface area is 139 Å². The monoisotopic (exact) mass is 330 g/mol. The van der Waals surface area contributed by atoms with Crippen LogP contribution in [0.5, 0.6) is 5.75 Å². The van der Waals surface area contributed by atoms with Crippen LogP contribution in [0.25, 0.3) is 0 Å². The molecule has 0 bridgehead atoms. The minimum Gasteiger partial charge on any atom is -0.491 e. The number of hydrogen-bond acceptors (Lipinski definition) is 3. The lowest BCUT2D eigenvalue weighted by molar-refractivity contribution is -0.116. The minimum atomic E-state index is -0.418. The van der Waals surface area contributed by atoms with Crippen LogP contribution in [0.4, 0.5) is 10.1 Å². The lowest BCUT2D eigenvalue weighted by atomic mass is 10.2. The maximum atomic E-state index is 13.3. The van der Waals surface area contributed by atoms with Crippen molar-refractivity contribution in [3.63, 3.8) is 0 Å². The van der Waals surface area contributed by atoms with Gasteiger partial charge in [-0.15, -0.1) is 0 Å². The van der Waals surface area contributed by atoms with Gasteiger partial charge in [0.2, 0.25) is 5.91 Å². The van der Waals surface area contributed by atoms with E-state index in [2.05, 4.69) is 10.6 Å². The van der Waals surface area contributed by atoms with E-state index in [0.717, 1.165) is 0 Å². The number of carbonyl (C=O) groups is 2. The highest BCUT2D eigenvalue weighted by atomic mass is 19.1. The van der Waals surface area contributed by atoms with Crippen molar-refractivity contribution in [1.29, 1.82) is 0 Å². The van der Waals surface area contributed by atoms with Gasteiger partial charge in [0.25, 0.3) is 5.91 Å². The van der Waals surface area contributed by atoms with E-state index in [0.29, 0.717) is 17.7 Å². The Hall–Kier alpha value is -2.89. The molecular formula is C18H19FN2O3. The molecule has 0 radical (unpaired) electrons. The highest BCUT2D eigenvalue weighted by Crippen LogP contribution is 2.16. The number of ether oxygens (including phenoxy) is 1. The normalized spacial score (nSPS) is 10.1. The van der Waals surface area contributed by atoms with Crippen LogP contribution >= 0.6 is 0 Å². The van der Waals surface area contributed by atoms with E-state index in [1.807, 2.05) is 0 Å². The molecule has 2 aromatic rings. The Bertz CT molecular complexity index is 702. The maximum Gasteiger partial charge on any atom is 0.251 e. The number of carbonyl (C=O) groups excluding carboxylic acids is 2. The second kappa shape index (κ2) is 8.67. The number of hydrogen-bond donors (Lipinski definition) is 2. The fraction of sp³-hybridized carbons (Fsp3) is 0.222. The molecule has 0 fully saturated rings.